The maximum atomic E-state index is 14.9. The van der Waals surface area contributed by atoms with Gasteiger partial charge in [-0.1, -0.05) is 30.7 Å². The number of carbonyl (C=O) groups is 2. The molecule has 0 spiro atoms. The number of halogens is 5. The highest BCUT2D eigenvalue weighted by Crippen LogP contribution is 2.38. The van der Waals surface area contributed by atoms with E-state index in [0.29, 0.717) is 19.5 Å². The zero-order chi connectivity index (χ0) is 24.8. The van der Waals surface area contributed by atoms with E-state index in [1.54, 1.807) is 4.90 Å². The van der Waals surface area contributed by atoms with Crippen molar-refractivity contribution in [3.05, 3.63) is 58.4 Å². The van der Waals surface area contributed by atoms with Crippen molar-refractivity contribution in [1.29, 1.82) is 0 Å². The fourth-order valence-electron chi connectivity index (χ4n) is 4.41. The lowest BCUT2D eigenvalue weighted by molar-refractivity contribution is -0.147. The fraction of sp³-hybridized carbons (Fsp3) is 0.348. The molecule has 34 heavy (non-hydrogen) atoms. The molecule has 6 nitrogen and oxygen atoms in total. The fourth-order valence-corrected chi connectivity index (χ4v) is 4.66. The molecular weight excluding hydrogens is 478 g/mol. The minimum absolute atomic E-state index is 0.000167. The lowest BCUT2D eigenvalue weighted by atomic mass is 9.87. The number of rotatable bonds is 3. The van der Waals surface area contributed by atoms with E-state index >= 15 is 0 Å². The van der Waals surface area contributed by atoms with Crippen LogP contribution in [0.3, 0.4) is 0 Å². The highest BCUT2D eigenvalue weighted by molar-refractivity contribution is 6.34. The van der Waals surface area contributed by atoms with Crippen LogP contribution in [-0.2, 0) is 15.7 Å². The second-order valence-corrected chi connectivity index (χ2v) is 8.58. The van der Waals surface area contributed by atoms with Crippen LogP contribution in [-0.4, -0.2) is 41.9 Å². The monoisotopic (exact) mass is 497 g/mol. The van der Waals surface area contributed by atoms with E-state index in [9.17, 15) is 27.2 Å². The Labute approximate surface area is 197 Å². The summed E-state index contributed by atoms with van der Waals surface area (Å²) in [5.41, 5.74) is -1.97. The summed E-state index contributed by atoms with van der Waals surface area (Å²) >= 11 is 6.01. The number of aromatic nitrogens is 2. The topological polar surface area (TPSA) is 64.4 Å². The minimum atomic E-state index is -4.84. The first kappa shape index (κ1) is 24.0. The Kier molecular flexibility index (Phi) is 6.28. The number of methoxy groups -OCH3 is 1. The largest absolute Gasteiger partial charge is 0.469 e. The van der Waals surface area contributed by atoms with Crippen molar-refractivity contribution in [2.75, 3.05) is 25.1 Å². The second kappa shape index (κ2) is 8.90. The van der Waals surface area contributed by atoms with Crippen molar-refractivity contribution in [3.63, 3.8) is 0 Å². The van der Waals surface area contributed by atoms with Crippen molar-refractivity contribution in [3.8, 4) is 0 Å². The minimum Gasteiger partial charge on any atom is -0.469 e. The number of alkyl halides is 3. The van der Waals surface area contributed by atoms with Gasteiger partial charge in [-0.15, -0.1) is 5.10 Å². The molecule has 0 bridgehead atoms. The molecule has 1 aliphatic rings. The van der Waals surface area contributed by atoms with Crippen molar-refractivity contribution >= 4 is 40.2 Å². The molecule has 1 aromatic heterocycles. The first-order chi connectivity index (χ1) is 16.0. The first-order valence-corrected chi connectivity index (χ1v) is 10.8. The number of hydrogen-bond acceptors (Lipinski definition) is 5. The molecule has 3 aromatic rings. The molecule has 180 valence electrons. The molecule has 4 rings (SSSR count). The van der Waals surface area contributed by atoms with E-state index < -0.39 is 34.1 Å². The number of fused-ring (bicyclic) bond motifs is 1. The van der Waals surface area contributed by atoms with E-state index in [4.69, 9.17) is 16.3 Å². The quantitative estimate of drug-likeness (QED) is 0.369. The van der Waals surface area contributed by atoms with Gasteiger partial charge in [0.1, 0.15) is 5.82 Å². The molecule has 1 saturated heterocycles. The van der Waals surface area contributed by atoms with Crippen molar-refractivity contribution in [2.45, 2.75) is 19.5 Å². The summed E-state index contributed by atoms with van der Waals surface area (Å²) in [5.74, 6) is -2.55. The van der Waals surface area contributed by atoms with Crippen LogP contribution in [0, 0.1) is 17.7 Å². The van der Waals surface area contributed by atoms with Crippen LogP contribution < -0.4 is 4.90 Å². The van der Waals surface area contributed by atoms with Crippen molar-refractivity contribution in [1.82, 2.24) is 9.78 Å². The van der Waals surface area contributed by atoms with Crippen LogP contribution in [0.4, 0.5) is 23.4 Å². The summed E-state index contributed by atoms with van der Waals surface area (Å²) in [6.45, 7) is 2.47. The summed E-state index contributed by atoms with van der Waals surface area (Å²) < 4.78 is 61.3. The zero-order valence-corrected chi connectivity index (χ0v) is 19.0. The Balaban J connectivity index is 1.82. The van der Waals surface area contributed by atoms with Gasteiger partial charge in [-0.25, -0.2) is 4.39 Å². The average Bonchev–Trinajstić information content (AvgIpc) is 3.18. The van der Waals surface area contributed by atoms with Gasteiger partial charge in [0.15, 0.2) is 5.82 Å². The maximum Gasteiger partial charge on any atom is 0.417 e. The average molecular weight is 498 g/mol. The highest BCUT2D eigenvalue weighted by Gasteiger charge is 2.38. The predicted octanol–water partition coefficient (Wildman–Crippen LogP) is 5.17. The Morgan fingerprint density at radius 1 is 1.18 bits per heavy atom. The standard InChI is InChI=1S/C23H20ClF4N3O3/c1-12-11-30(10-9-13(12)22(33)34-2)20-19-16(25)7-4-8-17(19)31(29-20)21(32)18-14(23(26,27)28)5-3-6-15(18)24/h3-8,12-13H,9-11H2,1-2H3. The maximum absolute atomic E-state index is 14.9. The summed E-state index contributed by atoms with van der Waals surface area (Å²) in [7, 11) is 1.31. The van der Waals surface area contributed by atoms with Crippen molar-refractivity contribution < 1.29 is 31.9 Å². The van der Waals surface area contributed by atoms with Gasteiger partial charge in [0.2, 0.25) is 0 Å². The zero-order valence-electron chi connectivity index (χ0n) is 18.2. The van der Waals surface area contributed by atoms with Gasteiger partial charge in [0.05, 0.1) is 40.1 Å². The molecule has 2 atom stereocenters. The van der Waals surface area contributed by atoms with E-state index in [1.165, 1.54) is 31.4 Å². The Morgan fingerprint density at radius 3 is 2.53 bits per heavy atom. The van der Waals surface area contributed by atoms with Gasteiger partial charge in [-0.05, 0) is 36.6 Å². The highest BCUT2D eigenvalue weighted by atomic mass is 35.5. The SMILES string of the molecule is COC(=O)C1CCN(c2nn(C(=O)c3c(Cl)cccc3C(F)(F)F)c3cccc(F)c23)CC1C. The molecule has 0 saturated carbocycles. The van der Waals surface area contributed by atoms with Gasteiger partial charge in [-0.3, -0.25) is 9.59 Å². The normalized spacial score (nSPS) is 18.9. The van der Waals surface area contributed by atoms with Crippen LogP contribution in [0.5, 0.6) is 0 Å². The van der Waals surface area contributed by atoms with Gasteiger partial charge in [0.25, 0.3) is 5.91 Å². The lowest BCUT2D eigenvalue weighted by Crippen LogP contribution is -2.42. The van der Waals surface area contributed by atoms with Crippen LogP contribution in [0.2, 0.25) is 5.02 Å². The molecule has 2 unspecified atom stereocenters. The summed E-state index contributed by atoms with van der Waals surface area (Å²) in [5, 5.41) is 3.86. The molecule has 11 heteroatoms. The predicted molar refractivity (Wildman–Crippen MR) is 117 cm³/mol. The second-order valence-electron chi connectivity index (χ2n) is 8.18. The molecular formula is C23H20ClF4N3O3. The Morgan fingerprint density at radius 2 is 1.88 bits per heavy atom. The summed E-state index contributed by atoms with van der Waals surface area (Å²) in [6, 6.07) is 6.96. The van der Waals surface area contributed by atoms with Gasteiger partial charge >= 0.3 is 12.1 Å². The number of anilines is 1. The van der Waals surface area contributed by atoms with Crippen LogP contribution in [0.1, 0.15) is 29.3 Å². The number of piperidine rings is 1. The van der Waals surface area contributed by atoms with E-state index in [2.05, 4.69) is 5.10 Å². The van der Waals surface area contributed by atoms with Crippen LogP contribution in [0.25, 0.3) is 10.9 Å². The third-order valence-electron chi connectivity index (χ3n) is 6.07. The first-order valence-electron chi connectivity index (χ1n) is 10.4. The van der Waals surface area contributed by atoms with Crippen LogP contribution >= 0.6 is 11.6 Å². The smallest absolute Gasteiger partial charge is 0.417 e. The van der Waals surface area contributed by atoms with Gasteiger partial charge in [0, 0.05) is 13.1 Å². The molecule has 0 amide bonds. The molecule has 2 heterocycles. The summed E-state index contributed by atoms with van der Waals surface area (Å²) in [6.07, 6.45) is -4.43. The number of nitrogens with zero attached hydrogens (tertiary/aromatic N) is 3. The molecule has 2 aromatic carbocycles. The van der Waals surface area contributed by atoms with E-state index in [0.717, 1.165) is 16.8 Å². The third kappa shape index (κ3) is 4.11. The number of hydrogen-bond donors (Lipinski definition) is 0. The number of esters is 1. The molecule has 0 radical (unpaired) electrons. The lowest BCUT2D eigenvalue weighted by Gasteiger charge is -2.35. The summed E-state index contributed by atoms with van der Waals surface area (Å²) in [4.78, 5) is 27.0. The molecule has 1 fully saturated rings. The molecule has 0 aliphatic carbocycles. The van der Waals surface area contributed by atoms with E-state index in [-0.39, 0.29) is 34.5 Å². The third-order valence-corrected chi connectivity index (χ3v) is 6.39. The van der Waals surface area contributed by atoms with E-state index in [1.807, 2.05) is 6.92 Å². The van der Waals surface area contributed by atoms with Crippen LogP contribution in [0.15, 0.2) is 36.4 Å². The molecule has 1 aliphatic heterocycles. The van der Waals surface area contributed by atoms with Gasteiger partial charge in [-0.2, -0.15) is 17.9 Å². The van der Waals surface area contributed by atoms with Gasteiger partial charge < -0.3 is 9.64 Å². The molecule has 0 N–H and O–H groups in total. The number of ether oxygens (including phenoxy) is 1. The number of carbonyl (C=O) groups excluding carboxylic acids is 2. The Hall–Kier alpha value is -3.14. The Bertz CT molecular complexity index is 1270. The number of benzene rings is 2. The van der Waals surface area contributed by atoms with Crippen molar-refractivity contribution in [2.24, 2.45) is 11.8 Å².